The zero-order valence-corrected chi connectivity index (χ0v) is 19.0. The molecule has 0 amide bonds. The van der Waals surface area contributed by atoms with Gasteiger partial charge in [-0.25, -0.2) is 0 Å². The molecule has 0 aliphatic carbocycles. The van der Waals surface area contributed by atoms with Crippen molar-refractivity contribution in [1.29, 1.82) is 0 Å². The molecule has 0 fully saturated rings. The number of benzene rings is 7. The number of fused-ring (bicyclic) bond motifs is 7. The van der Waals surface area contributed by atoms with Gasteiger partial charge < -0.3 is 4.42 Å². The van der Waals surface area contributed by atoms with Crippen LogP contribution in [0, 0.1) is 0 Å². The van der Waals surface area contributed by atoms with Crippen LogP contribution < -0.4 is 0 Å². The summed E-state index contributed by atoms with van der Waals surface area (Å²) in [7, 11) is 0. The second kappa shape index (κ2) is 7.81. The van der Waals surface area contributed by atoms with Crippen molar-refractivity contribution >= 4 is 54.3 Å². The average Bonchev–Trinajstić information content (AvgIpc) is 3.53. The highest BCUT2D eigenvalue weighted by molar-refractivity contribution is 6.26. The summed E-state index contributed by atoms with van der Waals surface area (Å²) in [5.74, 6) is 0. The molecule has 0 radical (unpaired) electrons. The molecule has 0 N–H and O–H groups in total. The molecule has 0 saturated carbocycles. The maximum Gasteiger partial charge on any atom is 0.143 e. The van der Waals surface area contributed by atoms with Gasteiger partial charge in [0, 0.05) is 16.2 Å². The maximum atomic E-state index is 9.30. The molecule has 1 nitrogen and oxygen atoms in total. The van der Waals surface area contributed by atoms with Crippen LogP contribution in [0.5, 0.6) is 0 Å². The van der Waals surface area contributed by atoms with Crippen LogP contribution in [0.15, 0.2) is 138 Å². The first-order valence-electron chi connectivity index (χ1n) is 18.6. The highest BCUT2D eigenvalue weighted by Gasteiger charge is 2.20. The van der Waals surface area contributed by atoms with E-state index in [2.05, 4.69) is 0 Å². The van der Waals surface area contributed by atoms with Gasteiger partial charge in [-0.15, -0.1) is 0 Å². The largest absolute Gasteiger partial charge is 0.455 e. The van der Waals surface area contributed by atoms with Crippen LogP contribution in [-0.4, -0.2) is 0 Å². The zero-order chi connectivity index (χ0) is 36.5. The normalized spacial score (nSPS) is 17.1. The van der Waals surface area contributed by atoms with E-state index in [1.165, 1.54) is 0 Å². The average molecular weight is 485 g/mol. The third kappa shape index (κ3) is 2.92. The highest BCUT2D eigenvalue weighted by atomic mass is 16.3. The fraction of sp³-hybridized carbons (Fsp3) is 0. The molecule has 1 heterocycles. The summed E-state index contributed by atoms with van der Waals surface area (Å²) in [4.78, 5) is 0. The molecule has 0 spiro atoms. The van der Waals surface area contributed by atoms with Crippen molar-refractivity contribution in [2.45, 2.75) is 0 Å². The van der Waals surface area contributed by atoms with E-state index in [1.807, 2.05) is 0 Å². The number of hydrogen-bond donors (Lipinski definition) is 0. The molecule has 1 heteroatoms. The number of hydrogen-bond acceptors (Lipinski definition) is 1. The predicted molar refractivity (Wildman–Crippen MR) is 157 cm³/mol. The van der Waals surface area contributed by atoms with Gasteiger partial charge in [0.15, 0.2) is 0 Å². The third-order valence-corrected chi connectivity index (χ3v) is 6.68. The Labute approximate surface area is 233 Å². The van der Waals surface area contributed by atoms with Gasteiger partial charge in [-0.05, 0) is 61.3 Å². The van der Waals surface area contributed by atoms with Crippen molar-refractivity contribution in [1.82, 2.24) is 0 Å². The number of furan rings is 1. The minimum absolute atomic E-state index is 0.0273. The predicted octanol–water partition coefficient (Wildman–Crippen LogP) is 10.4. The first-order valence-corrected chi connectivity index (χ1v) is 11.6. The fourth-order valence-corrected chi connectivity index (χ4v) is 5.20. The molecule has 0 aliphatic heterocycles. The van der Waals surface area contributed by atoms with Crippen LogP contribution in [0.3, 0.4) is 0 Å². The van der Waals surface area contributed by atoms with E-state index < -0.39 is 84.6 Å². The molecular weight excluding hydrogens is 448 g/mol. The Hall–Kier alpha value is -4.88. The Morgan fingerprint density at radius 1 is 0.486 bits per heavy atom. The van der Waals surface area contributed by atoms with E-state index in [1.54, 1.807) is 48.5 Å². The lowest BCUT2D eigenvalue weighted by atomic mass is 9.85. The molecule has 1 aromatic heterocycles. The minimum atomic E-state index is -0.586. The lowest BCUT2D eigenvalue weighted by molar-refractivity contribution is 0.673. The van der Waals surface area contributed by atoms with Gasteiger partial charge in [-0.2, -0.15) is 0 Å². The summed E-state index contributed by atoms with van der Waals surface area (Å²) in [5, 5.41) is 1.41. The molecule has 172 valence electrons. The Balaban J connectivity index is 1.66. The minimum Gasteiger partial charge on any atom is -0.455 e. The van der Waals surface area contributed by atoms with Crippen LogP contribution in [0.4, 0.5) is 0 Å². The standard InChI is InChI=1S/C36H22O/c1-2-12-24(13-3-1)33-26-15-6-8-17-28(26)34(29-18-9-7-16-27(29)33)30-19-10-20-32-35(30)31-22-21-23-11-4-5-14-25(23)36(31)37-32/h1-22H/i1D,2D,3D,4D,5D,10D,11D,12D,13D,14D,19D,20D,21D,22D. The molecule has 7 aromatic carbocycles. The topological polar surface area (TPSA) is 13.1 Å². The maximum absolute atomic E-state index is 9.30. The SMILES string of the molecule is [2H]c1c([2H])c([2H])c(-c2c3ccccc3c(-c3c([2H])c([2H])c([2H])c4oc5c6c([2H])c([2H])c([2H])c([2H])c6c([2H])c([2H])c5c34)c3ccccc23)c([2H])c1[2H]. The lowest BCUT2D eigenvalue weighted by Crippen LogP contribution is -1.91. The zero-order valence-electron chi connectivity index (χ0n) is 33.0. The molecule has 0 bridgehead atoms. The first kappa shape index (κ1) is 11.0. The molecule has 0 unspecified atom stereocenters. The summed E-state index contributed by atoms with van der Waals surface area (Å²) in [5.41, 5.74) is 0.360. The fourth-order valence-electron chi connectivity index (χ4n) is 5.20. The highest BCUT2D eigenvalue weighted by Crippen LogP contribution is 2.47. The second-order valence-corrected chi connectivity index (χ2v) is 8.60. The van der Waals surface area contributed by atoms with Crippen molar-refractivity contribution in [2.24, 2.45) is 0 Å². The van der Waals surface area contributed by atoms with Crippen LogP contribution in [0.2, 0.25) is 0 Å². The summed E-state index contributed by atoms with van der Waals surface area (Å²) in [6, 6.07) is 6.87. The van der Waals surface area contributed by atoms with Gasteiger partial charge in [-0.3, -0.25) is 0 Å². The lowest BCUT2D eigenvalue weighted by Gasteiger charge is -2.18. The molecule has 0 saturated heterocycles. The van der Waals surface area contributed by atoms with E-state index in [0.717, 1.165) is 0 Å². The van der Waals surface area contributed by atoms with E-state index in [9.17, 15) is 1.37 Å². The van der Waals surface area contributed by atoms with E-state index in [4.69, 9.17) is 22.2 Å². The van der Waals surface area contributed by atoms with Gasteiger partial charge in [0.2, 0.25) is 0 Å². The van der Waals surface area contributed by atoms with Crippen molar-refractivity contribution < 1.29 is 23.6 Å². The summed E-state index contributed by atoms with van der Waals surface area (Å²) in [6.07, 6.45) is 0. The molecule has 8 aromatic rings. The molecular formula is C36H22O. The van der Waals surface area contributed by atoms with Crippen LogP contribution >= 0.6 is 0 Å². The van der Waals surface area contributed by atoms with Gasteiger partial charge in [0.05, 0.1) is 19.2 Å². The monoisotopic (exact) mass is 484 g/mol. The van der Waals surface area contributed by atoms with Crippen LogP contribution in [0.25, 0.3) is 76.5 Å². The summed E-state index contributed by atoms with van der Waals surface area (Å²) in [6.45, 7) is 0. The van der Waals surface area contributed by atoms with Crippen molar-refractivity contribution in [3.05, 3.63) is 133 Å². The molecule has 37 heavy (non-hydrogen) atoms. The quantitative estimate of drug-likeness (QED) is 0.222. The Kier molecular flexibility index (Phi) is 2.33. The molecule has 0 atom stereocenters. The van der Waals surface area contributed by atoms with E-state index >= 15 is 0 Å². The Morgan fingerprint density at radius 3 is 1.86 bits per heavy atom. The third-order valence-electron chi connectivity index (χ3n) is 6.68. The number of rotatable bonds is 2. The van der Waals surface area contributed by atoms with Gasteiger partial charge in [0.1, 0.15) is 11.2 Å². The Bertz CT molecular complexity index is 2830. The van der Waals surface area contributed by atoms with Crippen molar-refractivity contribution in [3.8, 4) is 22.3 Å². The first-order chi connectivity index (χ1) is 24.2. The van der Waals surface area contributed by atoms with Gasteiger partial charge in [0.25, 0.3) is 0 Å². The van der Waals surface area contributed by atoms with Crippen LogP contribution in [-0.2, 0) is 0 Å². The summed E-state index contributed by atoms with van der Waals surface area (Å²) >= 11 is 0. The van der Waals surface area contributed by atoms with E-state index in [0.29, 0.717) is 32.7 Å². The second-order valence-electron chi connectivity index (χ2n) is 8.60. The van der Waals surface area contributed by atoms with Gasteiger partial charge in [-0.1, -0.05) is 121 Å². The van der Waals surface area contributed by atoms with Crippen molar-refractivity contribution in [3.63, 3.8) is 0 Å². The van der Waals surface area contributed by atoms with Crippen LogP contribution in [0.1, 0.15) is 19.2 Å². The van der Waals surface area contributed by atoms with E-state index in [-0.39, 0.29) is 43.8 Å². The molecule has 8 rings (SSSR count). The smallest absolute Gasteiger partial charge is 0.143 e. The van der Waals surface area contributed by atoms with Gasteiger partial charge >= 0.3 is 0 Å². The molecule has 0 aliphatic rings. The summed E-state index contributed by atoms with van der Waals surface area (Å²) < 4.78 is 128. The Morgan fingerprint density at radius 2 is 1.14 bits per heavy atom. The van der Waals surface area contributed by atoms with Crippen molar-refractivity contribution in [2.75, 3.05) is 0 Å².